The van der Waals surface area contributed by atoms with Gasteiger partial charge >= 0.3 is 0 Å². The van der Waals surface area contributed by atoms with E-state index in [0.29, 0.717) is 0 Å². The molecule has 0 atom stereocenters. The van der Waals surface area contributed by atoms with Crippen molar-refractivity contribution in [1.82, 2.24) is 0 Å². The Bertz CT molecular complexity index is 1560. The first-order valence-electron chi connectivity index (χ1n) is 11.5. The molecule has 4 aromatic rings. The molecule has 0 bridgehead atoms. The third kappa shape index (κ3) is 4.89. The SMILES string of the molecule is O=C1C=CC(=C(c2ccccc2)c2c(C#Cc3ccc(O)cc3)cccc2-c2ccc(O)cc2)C=C1. The van der Waals surface area contributed by atoms with Crippen LogP contribution in [-0.4, -0.2) is 16.0 Å². The molecule has 3 heteroatoms. The van der Waals surface area contributed by atoms with Crippen LogP contribution in [-0.2, 0) is 4.79 Å². The van der Waals surface area contributed by atoms with E-state index in [1.54, 1.807) is 48.6 Å². The molecule has 0 spiro atoms. The molecule has 1 aliphatic rings. The summed E-state index contributed by atoms with van der Waals surface area (Å²) in [7, 11) is 0. The maximum absolute atomic E-state index is 11.9. The highest BCUT2D eigenvalue weighted by molar-refractivity contribution is 6.04. The topological polar surface area (TPSA) is 57.5 Å². The van der Waals surface area contributed by atoms with Crippen LogP contribution in [0.3, 0.4) is 0 Å². The van der Waals surface area contributed by atoms with Gasteiger partial charge in [-0.2, -0.15) is 0 Å². The summed E-state index contributed by atoms with van der Waals surface area (Å²) >= 11 is 0. The van der Waals surface area contributed by atoms with Gasteiger partial charge in [0.25, 0.3) is 0 Å². The lowest BCUT2D eigenvalue weighted by molar-refractivity contribution is -0.110. The highest BCUT2D eigenvalue weighted by Gasteiger charge is 2.19. The first kappa shape index (κ1) is 22.7. The van der Waals surface area contributed by atoms with Gasteiger partial charge in [0.2, 0.25) is 0 Å². The summed E-state index contributed by atoms with van der Waals surface area (Å²) in [4.78, 5) is 11.9. The first-order valence-corrected chi connectivity index (χ1v) is 11.5. The predicted octanol–water partition coefficient (Wildman–Crippen LogP) is 6.66. The Morgan fingerprint density at radius 2 is 1.25 bits per heavy atom. The van der Waals surface area contributed by atoms with Gasteiger partial charge in [-0.25, -0.2) is 0 Å². The fourth-order valence-electron chi connectivity index (χ4n) is 4.17. The Kier molecular flexibility index (Phi) is 6.34. The van der Waals surface area contributed by atoms with E-state index >= 15 is 0 Å². The number of rotatable bonds is 3. The largest absolute Gasteiger partial charge is 0.508 e. The molecule has 0 aliphatic heterocycles. The van der Waals surface area contributed by atoms with Gasteiger partial charge in [0.1, 0.15) is 11.5 Å². The number of phenols is 2. The smallest absolute Gasteiger partial charge is 0.178 e. The maximum Gasteiger partial charge on any atom is 0.178 e. The fraction of sp³-hybridized carbons (Fsp3) is 0. The minimum Gasteiger partial charge on any atom is -0.508 e. The number of hydrogen-bond donors (Lipinski definition) is 2. The summed E-state index contributed by atoms with van der Waals surface area (Å²) < 4.78 is 0. The van der Waals surface area contributed by atoms with E-state index in [1.807, 2.05) is 72.8 Å². The van der Waals surface area contributed by atoms with Crippen LogP contribution in [0, 0.1) is 11.8 Å². The van der Waals surface area contributed by atoms with Crippen molar-refractivity contribution < 1.29 is 15.0 Å². The molecule has 0 radical (unpaired) electrons. The molecular formula is C33H22O3. The van der Waals surface area contributed by atoms with Gasteiger partial charge in [0.15, 0.2) is 5.78 Å². The molecule has 0 amide bonds. The van der Waals surface area contributed by atoms with Crippen molar-refractivity contribution in [2.75, 3.05) is 0 Å². The van der Waals surface area contributed by atoms with E-state index in [1.165, 1.54) is 0 Å². The van der Waals surface area contributed by atoms with Crippen LogP contribution in [0.15, 0.2) is 127 Å². The Hall–Kier alpha value is -5.07. The molecule has 0 heterocycles. The Morgan fingerprint density at radius 3 is 1.92 bits per heavy atom. The van der Waals surface area contributed by atoms with E-state index in [9.17, 15) is 15.0 Å². The lowest BCUT2D eigenvalue weighted by Crippen LogP contribution is -2.01. The summed E-state index contributed by atoms with van der Waals surface area (Å²) in [6.07, 6.45) is 6.83. The summed E-state index contributed by atoms with van der Waals surface area (Å²) in [5, 5.41) is 19.5. The van der Waals surface area contributed by atoms with Crippen molar-refractivity contribution in [2.24, 2.45) is 0 Å². The highest BCUT2D eigenvalue weighted by atomic mass is 16.3. The number of carbonyl (C=O) groups excluding carboxylic acids is 1. The van der Waals surface area contributed by atoms with Crippen LogP contribution >= 0.6 is 0 Å². The van der Waals surface area contributed by atoms with Crippen LogP contribution in [0.25, 0.3) is 16.7 Å². The zero-order valence-electron chi connectivity index (χ0n) is 19.3. The van der Waals surface area contributed by atoms with Crippen molar-refractivity contribution in [3.8, 4) is 34.5 Å². The van der Waals surface area contributed by atoms with Crippen molar-refractivity contribution in [3.05, 3.63) is 149 Å². The number of allylic oxidation sites excluding steroid dienone is 5. The highest BCUT2D eigenvalue weighted by Crippen LogP contribution is 2.38. The minimum absolute atomic E-state index is 0.0506. The lowest BCUT2D eigenvalue weighted by Gasteiger charge is -2.19. The fourth-order valence-corrected chi connectivity index (χ4v) is 4.17. The van der Waals surface area contributed by atoms with E-state index < -0.39 is 0 Å². The quantitative estimate of drug-likeness (QED) is 0.332. The molecule has 3 nitrogen and oxygen atoms in total. The third-order valence-electron chi connectivity index (χ3n) is 5.91. The van der Waals surface area contributed by atoms with Gasteiger partial charge < -0.3 is 10.2 Å². The summed E-state index contributed by atoms with van der Waals surface area (Å²) in [6.45, 7) is 0. The first-order chi connectivity index (χ1) is 17.6. The Labute approximate surface area is 210 Å². The Balaban J connectivity index is 1.81. The molecule has 0 saturated carbocycles. The second-order valence-corrected chi connectivity index (χ2v) is 8.34. The van der Waals surface area contributed by atoms with E-state index in [-0.39, 0.29) is 17.3 Å². The van der Waals surface area contributed by atoms with Crippen molar-refractivity contribution in [1.29, 1.82) is 0 Å². The third-order valence-corrected chi connectivity index (χ3v) is 5.91. The monoisotopic (exact) mass is 466 g/mol. The molecule has 36 heavy (non-hydrogen) atoms. The Morgan fingerprint density at radius 1 is 0.611 bits per heavy atom. The van der Waals surface area contributed by atoms with E-state index in [0.717, 1.165) is 44.5 Å². The molecule has 0 unspecified atom stereocenters. The van der Waals surface area contributed by atoms with Gasteiger partial charge in [0, 0.05) is 16.7 Å². The average molecular weight is 467 g/mol. The molecule has 0 aromatic heterocycles. The van der Waals surface area contributed by atoms with Gasteiger partial charge in [-0.05, 0) is 82.5 Å². The van der Waals surface area contributed by atoms with E-state index in [2.05, 4.69) is 11.8 Å². The molecule has 0 fully saturated rings. The van der Waals surface area contributed by atoms with Crippen LogP contribution in [0.1, 0.15) is 22.3 Å². The zero-order valence-corrected chi connectivity index (χ0v) is 19.3. The second-order valence-electron chi connectivity index (χ2n) is 8.34. The normalized spacial score (nSPS) is 12.2. The molecular weight excluding hydrogens is 444 g/mol. The zero-order chi connectivity index (χ0) is 24.9. The van der Waals surface area contributed by atoms with Crippen LogP contribution in [0.4, 0.5) is 0 Å². The number of phenolic OH excluding ortho intramolecular Hbond substituents is 2. The molecule has 1 aliphatic carbocycles. The number of benzene rings is 4. The lowest BCUT2D eigenvalue weighted by atomic mass is 9.83. The van der Waals surface area contributed by atoms with Crippen molar-refractivity contribution in [3.63, 3.8) is 0 Å². The average Bonchev–Trinajstić information content (AvgIpc) is 2.91. The van der Waals surface area contributed by atoms with Crippen molar-refractivity contribution in [2.45, 2.75) is 0 Å². The molecule has 2 N–H and O–H groups in total. The summed E-state index contributed by atoms with van der Waals surface area (Å²) in [6, 6.07) is 29.9. The van der Waals surface area contributed by atoms with E-state index in [4.69, 9.17) is 0 Å². The van der Waals surface area contributed by atoms with Crippen LogP contribution < -0.4 is 0 Å². The molecule has 4 aromatic carbocycles. The standard InChI is InChI=1S/C33H22O3/c34-28-17-10-23(11-18-28)9-12-26-7-4-8-31(24-13-19-29(35)20-14-24)33(26)32(25-5-2-1-3-6-25)27-15-21-30(36)22-16-27/h1-8,10-11,13-22,34-35H. The van der Waals surface area contributed by atoms with Gasteiger partial charge in [0.05, 0.1) is 0 Å². The number of hydrogen-bond acceptors (Lipinski definition) is 3. The molecule has 0 saturated heterocycles. The van der Waals surface area contributed by atoms with Crippen LogP contribution in [0.2, 0.25) is 0 Å². The minimum atomic E-state index is -0.0506. The van der Waals surface area contributed by atoms with Gasteiger partial charge in [-0.15, -0.1) is 0 Å². The summed E-state index contributed by atoms with van der Waals surface area (Å²) in [5.74, 6) is 6.89. The van der Waals surface area contributed by atoms with Crippen LogP contribution in [0.5, 0.6) is 11.5 Å². The number of ketones is 1. The van der Waals surface area contributed by atoms with Crippen molar-refractivity contribution >= 4 is 11.4 Å². The predicted molar refractivity (Wildman–Crippen MR) is 143 cm³/mol. The maximum atomic E-state index is 11.9. The summed E-state index contributed by atoms with van der Waals surface area (Å²) in [5.41, 5.74) is 7.27. The number of aromatic hydroxyl groups is 2. The molecule has 5 rings (SSSR count). The van der Waals surface area contributed by atoms with Gasteiger partial charge in [-0.1, -0.05) is 78.6 Å². The molecule has 172 valence electrons. The number of carbonyl (C=O) groups is 1. The van der Waals surface area contributed by atoms with Gasteiger partial charge in [-0.3, -0.25) is 4.79 Å². The second kappa shape index (κ2) is 10.0.